The molecule has 1 rings (SSSR count). The fraction of sp³-hybridized carbons (Fsp3) is 0.462. The third-order valence-electron chi connectivity index (χ3n) is 2.63. The van der Waals surface area contributed by atoms with Crippen molar-refractivity contribution in [2.75, 3.05) is 13.2 Å². The molecule has 8 heteroatoms. The second-order valence-corrected chi connectivity index (χ2v) is 7.15. The number of aryl methyl sites for hydroxylation is 1. The Hall–Kier alpha value is -0.960. The Morgan fingerprint density at radius 1 is 1.43 bits per heavy atom. The summed E-state index contributed by atoms with van der Waals surface area (Å²) < 4.78 is 28.7. The molecule has 0 unspecified atom stereocenters. The number of carbonyl (C=O) groups is 1. The number of carbonyl (C=O) groups excluding carboxylic acids is 1. The molecule has 0 spiro atoms. The molecule has 0 radical (unpaired) electrons. The van der Waals surface area contributed by atoms with Gasteiger partial charge in [-0.2, -0.15) is 0 Å². The van der Waals surface area contributed by atoms with Crippen LogP contribution in [-0.4, -0.2) is 33.6 Å². The topological polar surface area (TPSA) is 98.5 Å². The summed E-state index contributed by atoms with van der Waals surface area (Å²) in [5.74, 6) is -0.372. The van der Waals surface area contributed by atoms with E-state index in [1.165, 1.54) is 6.07 Å². The molecular weight excluding hydrogens is 360 g/mol. The van der Waals surface area contributed by atoms with Crippen LogP contribution in [0.5, 0.6) is 0 Å². The first kappa shape index (κ1) is 18.1. The molecule has 1 aromatic carbocycles. The van der Waals surface area contributed by atoms with E-state index in [9.17, 15) is 13.2 Å². The van der Waals surface area contributed by atoms with Gasteiger partial charge in [-0.25, -0.2) is 13.6 Å². The van der Waals surface area contributed by atoms with Gasteiger partial charge < -0.3 is 10.1 Å². The zero-order valence-corrected chi connectivity index (χ0v) is 14.5. The summed E-state index contributed by atoms with van der Waals surface area (Å²) in [6, 6.07) is 2.85. The Balaban J connectivity index is 2.89. The van der Waals surface area contributed by atoms with Crippen molar-refractivity contribution < 1.29 is 17.9 Å². The standard InChI is InChI=1S/C13H19BrN2O4S/c1-8(2)20-5-4-16-13(17)10-6-9(3)12(14)11(7-10)21(15,18)19/h6-8H,4-5H2,1-3H3,(H,16,17)(H2,15,18,19). The van der Waals surface area contributed by atoms with Crippen molar-refractivity contribution in [1.82, 2.24) is 5.32 Å². The summed E-state index contributed by atoms with van der Waals surface area (Å²) in [4.78, 5) is 11.9. The summed E-state index contributed by atoms with van der Waals surface area (Å²) in [6.45, 7) is 6.23. The van der Waals surface area contributed by atoms with E-state index >= 15 is 0 Å². The quantitative estimate of drug-likeness (QED) is 0.733. The van der Waals surface area contributed by atoms with Crippen LogP contribution in [0.3, 0.4) is 0 Å². The Labute approximate surface area is 133 Å². The van der Waals surface area contributed by atoms with Crippen LogP contribution in [0.1, 0.15) is 29.8 Å². The second kappa shape index (κ2) is 7.35. The summed E-state index contributed by atoms with van der Waals surface area (Å²) in [5, 5.41) is 7.81. The molecule has 21 heavy (non-hydrogen) atoms. The Morgan fingerprint density at radius 2 is 2.05 bits per heavy atom. The second-order valence-electron chi connectivity index (χ2n) is 4.83. The fourth-order valence-electron chi connectivity index (χ4n) is 1.64. The van der Waals surface area contributed by atoms with Gasteiger partial charge in [0.15, 0.2) is 0 Å². The van der Waals surface area contributed by atoms with Crippen LogP contribution >= 0.6 is 15.9 Å². The minimum atomic E-state index is -3.90. The monoisotopic (exact) mass is 378 g/mol. The lowest BCUT2D eigenvalue weighted by atomic mass is 10.1. The summed E-state index contributed by atoms with van der Waals surface area (Å²) in [6.07, 6.45) is 0.0887. The van der Waals surface area contributed by atoms with Gasteiger partial charge in [0.2, 0.25) is 10.0 Å². The highest BCUT2D eigenvalue weighted by Crippen LogP contribution is 2.26. The lowest BCUT2D eigenvalue weighted by molar-refractivity contribution is 0.0746. The van der Waals surface area contributed by atoms with Gasteiger partial charge in [0, 0.05) is 16.6 Å². The molecular formula is C13H19BrN2O4S. The van der Waals surface area contributed by atoms with Gasteiger partial charge >= 0.3 is 0 Å². The van der Waals surface area contributed by atoms with Gasteiger partial charge in [0.25, 0.3) is 5.91 Å². The number of rotatable bonds is 6. The highest BCUT2D eigenvalue weighted by molar-refractivity contribution is 9.10. The number of hydrogen-bond donors (Lipinski definition) is 2. The number of amides is 1. The molecule has 1 amide bonds. The number of nitrogens with one attached hydrogen (secondary N) is 1. The average molecular weight is 379 g/mol. The molecule has 0 fully saturated rings. The van der Waals surface area contributed by atoms with Crippen LogP contribution in [0.4, 0.5) is 0 Å². The molecule has 0 atom stereocenters. The lowest BCUT2D eigenvalue weighted by Gasteiger charge is -2.11. The molecule has 0 saturated heterocycles. The van der Waals surface area contributed by atoms with Gasteiger partial charge in [-0.05, 0) is 54.4 Å². The number of benzene rings is 1. The maximum absolute atomic E-state index is 12.0. The van der Waals surface area contributed by atoms with Crippen molar-refractivity contribution in [2.45, 2.75) is 31.8 Å². The number of nitrogens with two attached hydrogens (primary N) is 1. The van der Waals surface area contributed by atoms with Gasteiger partial charge in [-0.15, -0.1) is 0 Å². The smallest absolute Gasteiger partial charge is 0.251 e. The van der Waals surface area contributed by atoms with Crippen molar-refractivity contribution in [1.29, 1.82) is 0 Å². The minimum absolute atomic E-state index is 0.0887. The summed E-state index contributed by atoms with van der Waals surface area (Å²) in [5.41, 5.74) is 0.856. The number of ether oxygens (including phenoxy) is 1. The van der Waals surface area contributed by atoms with Gasteiger partial charge in [0.1, 0.15) is 0 Å². The van der Waals surface area contributed by atoms with Crippen LogP contribution in [0.15, 0.2) is 21.5 Å². The molecule has 0 bridgehead atoms. The van der Waals surface area contributed by atoms with Crippen molar-refractivity contribution >= 4 is 31.9 Å². The Kier molecular flexibility index (Phi) is 6.33. The minimum Gasteiger partial charge on any atom is -0.377 e. The van der Waals surface area contributed by atoms with E-state index in [2.05, 4.69) is 21.2 Å². The van der Waals surface area contributed by atoms with Crippen molar-refractivity contribution in [3.8, 4) is 0 Å². The molecule has 0 aliphatic heterocycles. The highest BCUT2D eigenvalue weighted by atomic mass is 79.9. The van der Waals surface area contributed by atoms with E-state index in [0.29, 0.717) is 23.2 Å². The van der Waals surface area contributed by atoms with Crippen LogP contribution in [0.2, 0.25) is 0 Å². The number of hydrogen-bond acceptors (Lipinski definition) is 4. The molecule has 0 aliphatic rings. The number of primary sulfonamides is 1. The SMILES string of the molecule is Cc1cc(C(=O)NCCOC(C)C)cc(S(N)(=O)=O)c1Br. The highest BCUT2D eigenvalue weighted by Gasteiger charge is 2.18. The van der Waals surface area contributed by atoms with Crippen LogP contribution in [0, 0.1) is 6.92 Å². The maximum Gasteiger partial charge on any atom is 0.251 e. The first-order valence-electron chi connectivity index (χ1n) is 6.35. The van der Waals surface area contributed by atoms with Crippen molar-refractivity contribution in [2.24, 2.45) is 5.14 Å². The molecule has 0 aliphatic carbocycles. The van der Waals surface area contributed by atoms with E-state index in [0.717, 1.165) is 0 Å². The third kappa shape index (κ3) is 5.39. The molecule has 0 aromatic heterocycles. The number of sulfonamides is 1. The molecule has 0 heterocycles. The molecule has 6 nitrogen and oxygen atoms in total. The Bertz CT molecular complexity index is 629. The predicted molar refractivity (Wildman–Crippen MR) is 83.7 cm³/mol. The first-order valence-corrected chi connectivity index (χ1v) is 8.69. The van der Waals surface area contributed by atoms with Crippen LogP contribution in [-0.2, 0) is 14.8 Å². The van der Waals surface area contributed by atoms with E-state index < -0.39 is 10.0 Å². The van der Waals surface area contributed by atoms with Gasteiger partial charge in [0.05, 0.1) is 17.6 Å². The fourth-order valence-corrected chi connectivity index (χ4v) is 3.24. The van der Waals surface area contributed by atoms with E-state index in [1.807, 2.05) is 13.8 Å². The molecule has 3 N–H and O–H groups in total. The Morgan fingerprint density at radius 3 is 2.57 bits per heavy atom. The summed E-state index contributed by atoms with van der Waals surface area (Å²) in [7, 11) is -3.90. The van der Waals surface area contributed by atoms with E-state index in [4.69, 9.17) is 9.88 Å². The van der Waals surface area contributed by atoms with Crippen molar-refractivity contribution in [3.63, 3.8) is 0 Å². The van der Waals surface area contributed by atoms with Gasteiger partial charge in [-0.1, -0.05) is 0 Å². The first-order chi connectivity index (χ1) is 9.62. The molecule has 118 valence electrons. The van der Waals surface area contributed by atoms with E-state index in [-0.39, 0.29) is 22.5 Å². The zero-order chi connectivity index (χ0) is 16.2. The van der Waals surface area contributed by atoms with Crippen LogP contribution < -0.4 is 10.5 Å². The van der Waals surface area contributed by atoms with Crippen molar-refractivity contribution in [3.05, 3.63) is 27.7 Å². The average Bonchev–Trinajstić information content (AvgIpc) is 2.35. The maximum atomic E-state index is 12.0. The van der Waals surface area contributed by atoms with E-state index in [1.54, 1.807) is 13.0 Å². The summed E-state index contributed by atoms with van der Waals surface area (Å²) >= 11 is 3.17. The third-order valence-corrected chi connectivity index (χ3v) is 4.88. The normalized spacial score (nSPS) is 11.7. The zero-order valence-electron chi connectivity index (χ0n) is 12.1. The lowest BCUT2D eigenvalue weighted by Crippen LogP contribution is -2.28. The van der Waals surface area contributed by atoms with Gasteiger partial charge in [-0.3, -0.25) is 4.79 Å². The largest absolute Gasteiger partial charge is 0.377 e. The molecule has 1 aromatic rings. The van der Waals surface area contributed by atoms with Crippen LogP contribution in [0.25, 0.3) is 0 Å². The molecule has 0 saturated carbocycles. The number of halogens is 1. The predicted octanol–water partition coefficient (Wildman–Crippen LogP) is 1.56.